The van der Waals surface area contributed by atoms with Gasteiger partial charge in [0.15, 0.2) is 0 Å². The normalized spacial score (nSPS) is 14.2. The second-order valence-corrected chi connectivity index (χ2v) is 5.31. The molecule has 0 radical (unpaired) electrons. The minimum atomic E-state index is -1.20. The first-order valence-electron chi connectivity index (χ1n) is 7.17. The number of aromatic hydroxyl groups is 1. The molecule has 0 spiro atoms. The average Bonchev–Trinajstić information content (AvgIpc) is 2.90. The van der Waals surface area contributed by atoms with Crippen LogP contribution in [0.3, 0.4) is 0 Å². The van der Waals surface area contributed by atoms with Gasteiger partial charge in [-0.05, 0) is 51.1 Å². The molecule has 0 fully saturated rings. The van der Waals surface area contributed by atoms with Crippen LogP contribution in [-0.4, -0.2) is 29.6 Å². The first-order valence-corrected chi connectivity index (χ1v) is 7.17. The Kier molecular flexibility index (Phi) is 4.88. The molecule has 1 unspecified atom stereocenters. The zero-order valence-corrected chi connectivity index (χ0v) is 13.0. The Morgan fingerprint density at radius 3 is 2.73 bits per heavy atom. The van der Waals surface area contributed by atoms with Crippen LogP contribution in [0.25, 0.3) is 0 Å². The third-order valence-corrected chi connectivity index (χ3v) is 3.21. The molecule has 0 aliphatic rings. The SMILES string of the molecule is CCOc1ccc(O)c(C=NCC(C)(O)c2ccc(C)o2)c1. The number of hydrogen-bond donors (Lipinski definition) is 2. The minimum Gasteiger partial charge on any atom is -0.507 e. The summed E-state index contributed by atoms with van der Waals surface area (Å²) in [7, 11) is 0. The number of furan rings is 1. The van der Waals surface area contributed by atoms with Gasteiger partial charge in [-0.25, -0.2) is 0 Å². The van der Waals surface area contributed by atoms with Gasteiger partial charge in [0.25, 0.3) is 0 Å². The number of phenols is 1. The lowest BCUT2D eigenvalue weighted by Gasteiger charge is -2.17. The maximum Gasteiger partial charge on any atom is 0.139 e. The van der Waals surface area contributed by atoms with Crippen molar-refractivity contribution in [3.8, 4) is 11.5 Å². The monoisotopic (exact) mass is 303 g/mol. The van der Waals surface area contributed by atoms with Crippen LogP contribution in [0.1, 0.15) is 30.9 Å². The van der Waals surface area contributed by atoms with E-state index < -0.39 is 5.60 Å². The van der Waals surface area contributed by atoms with Crippen molar-refractivity contribution in [2.24, 2.45) is 4.99 Å². The fourth-order valence-corrected chi connectivity index (χ4v) is 2.02. The number of aryl methyl sites for hydroxylation is 1. The molecule has 0 aliphatic heterocycles. The van der Waals surface area contributed by atoms with Crippen LogP contribution in [-0.2, 0) is 5.60 Å². The highest BCUT2D eigenvalue weighted by atomic mass is 16.5. The maximum absolute atomic E-state index is 10.4. The van der Waals surface area contributed by atoms with Crippen molar-refractivity contribution in [2.75, 3.05) is 13.2 Å². The Balaban J connectivity index is 2.10. The topological polar surface area (TPSA) is 75.2 Å². The van der Waals surface area contributed by atoms with Crippen LogP contribution < -0.4 is 4.74 Å². The molecule has 2 N–H and O–H groups in total. The van der Waals surface area contributed by atoms with Crippen molar-refractivity contribution in [2.45, 2.75) is 26.4 Å². The molecule has 22 heavy (non-hydrogen) atoms. The third kappa shape index (κ3) is 3.89. The van der Waals surface area contributed by atoms with Crippen LogP contribution in [0.15, 0.2) is 39.7 Å². The maximum atomic E-state index is 10.4. The summed E-state index contributed by atoms with van der Waals surface area (Å²) in [5.74, 6) is 1.98. The quantitative estimate of drug-likeness (QED) is 0.804. The molecule has 2 aromatic rings. The minimum absolute atomic E-state index is 0.112. The zero-order valence-electron chi connectivity index (χ0n) is 13.0. The first kappa shape index (κ1) is 16.1. The van der Waals surface area contributed by atoms with Crippen LogP contribution in [0, 0.1) is 6.92 Å². The average molecular weight is 303 g/mol. The van der Waals surface area contributed by atoms with Crippen molar-refractivity contribution >= 4 is 6.21 Å². The number of phenolic OH excluding ortho intramolecular Hbond substituents is 1. The van der Waals surface area contributed by atoms with E-state index in [1.165, 1.54) is 6.21 Å². The van der Waals surface area contributed by atoms with E-state index in [0.717, 1.165) is 5.76 Å². The van der Waals surface area contributed by atoms with Gasteiger partial charge in [-0.1, -0.05) is 0 Å². The summed E-state index contributed by atoms with van der Waals surface area (Å²) in [4.78, 5) is 4.21. The summed E-state index contributed by atoms with van der Waals surface area (Å²) >= 11 is 0. The van der Waals surface area contributed by atoms with Gasteiger partial charge in [-0.15, -0.1) is 0 Å². The van der Waals surface area contributed by atoms with E-state index in [1.54, 1.807) is 37.3 Å². The molecule has 0 amide bonds. The molecule has 0 bridgehead atoms. The number of aliphatic imine (C=N–C) groups is 1. The molecular formula is C17H21NO4. The molecule has 2 rings (SSSR count). The Morgan fingerprint density at radius 1 is 1.32 bits per heavy atom. The van der Waals surface area contributed by atoms with E-state index >= 15 is 0 Å². The molecule has 1 aromatic carbocycles. The predicted octanol–water partition coefficient (Wildman–Crippen LogP) is 3.02. The molecule has 0 aliphatic carbocycles. The van der Waals surface area contributed by atoms with Gasteiger partial charge in [-0.2, -0.15) is 0 Å². The number of ether oxygens (including phenoxy) is 1. The van der Waals surface area contributed by atoms with Crippen molar-refractivity contribution in [3.05, 3.63) is 47.4 Å². The molecule has 1 atom stereocenters. The fraction of sp³-hybridized carbons (Fsp3) is 0.353. The number of hydrogen-bond acceptors (Lipinski definition) is 5. The number of benzene rings is 1. The molecule has 118 valence electrons. The summed E-state index contributed by atoms with van der Waals surface area (Å²) in [6.45, 7) is 6.02. The van der Waals surface area contributed by atoms with Crippen LogP contribution in [0.2, 0.25) is 0 Å². The van der Waals surface area contributed by atoms with Crippen molar-refractivity contribution in [3.63, 3.8) is 0 Å². The van der Waals surface area contributed by atoms with Crippen LogP contribution >= 0.6 is 0 Å². The zero-order chi connectivity index (χ0) is 16.2. The van der Waals surface area contributed by atoms with E-state index in [9.17, 15) is 10.2 Å². The lowest BCUT2D eigenvalue weighted by molar-refractivity contribution is 0.0431. The summed E-state index contributed by atoms with van der Waals surface area (Å²) in [6.07, 6.45) is 1.52. The smallest absolute Gasteiger partial charge is 0.139 e. The summed E-state index contributed by atoms with van der Waals surface area (Å²) < 4.78 is 10.8. The van der Waals surface area contributed by atoms with E-state index in [4.69, 9.17) is 9.15 Å². The van der Waals surface area contributed by atoms with Crippen LogP contribution in [0.4, 0.5) is 0 Å². The van der Waals surface area contributed by atoms with Gasteiger partial charge in [0.2, 0.25) is 0 Å². The largest absolute Gasteiger partial charge is 0.507 e. The number of nitrogens with zero attached hydrogens (tertiary/aromatic N) is 1. The van der Waals surface area contributed by atoms with Gasteiger partial charge in [0.05, 0.1) is 13.2 Å². The Hall–Kier alpha value is -2.27. The summed E-state index contributed by atoms with van der Waals surface area (Å²) in [5, 5.41) is 20.2. The first-order chi connectivity index (χ1) is 10.4. The molecule has 0 saturated heterocycles. The van der Waals surface area contributed by atoms with Gasteiger partial charge >= 0.3 is 0 Å². The fourth-order valence-electron chi connectivity index (χ4n) is 2.02. The lowest BCUT2D eigenvalue weighted by atomic mass is 10.0. The molecule has 0 saturated carbocycles. The molecule has 5 nitrogen and oxygen atoms in total. The van der Waals surface area contributed by atoms with E-state index in [-0.39, 0.29) is 12.3 Å². The standard InChI is InChI=1S/C17H21NO4/c1-4-21-14-6-7-15(19)13(9-14)10-18-11-17(3,20)16-8-5-12(2)22-16/h5-10,19-20H,4,11H2,1-3H3. The molecule has 1 heterocycles. The van der Waals surface area contributed by atoms with Gasteiger partial charge in [0, 0.05) is 11.8 Å². The number of rotatable bonds is 6. The van der Waals surface area contributed by atoms with Gasteiger partial charge < -0.3 is 19.4 Å². The summed E-state index contributed by atoms with van der Waals surface area (Å²) in [5.41, 5.74) is -0.657. The van der Waals surface area contributed by atoms with Gasteiger partial charge in [0.1, 0.15) is 28.6 Å². The highest BCUT2D eigenvalue weighted by molar-refractivity contribution is 5.84. The van der Waals surface area contributed by atoms with E-state index in [2.05, 4.69) is 4.99 Å². The Bertz CT molecular complexity index is 658. The molecule has 5 heteroatoms. The second kappa shape index (κ2) is 6.66. The van der Waals surface area contributed by atoms with Crippen LogP contribution in [0.5, 0.6) is 11.5 Å². The van der Waals surface area contributed by atoms with Crippen molar-refractivity contribution in [1.29, 1.82) is 0 Å². The van der Waals surface area contributed by atoms with Crippen molar-refractivity contribution in [1.82, 2.24) is 0 Å². The highest BCUT2D eigenvalue weighted by Crippen LogP contribution is 2.24. The van der Waals surface area contributed by atoms with E-state index in [0.29, 0.717) is 23.7 Å². The highest BCUT2D eigenvalue weighted by Gasteiger charge is 2.26. The van der Waals surface area contributed by atoms with Crippen molar-refractivity contribution < 1.29 is 19.4 Å². The predicted molar refractivity (Wildman–Crippen MR) is 84.8 cm³/mol. The molecular weight excluding hydrogens is 282 g/mol. The van der Waals surface area contributed by atoms with E-state index in [1.807, 2.05) is 13.8 Å². The third-order valence-electron chi connectivity index (χ3n) is 3.21. The Labute approximate surface area is 129 Å². The molecule has 1 aromatic heterocycles. The van der Waals surface area contributed by atoms with Gasteiger partial charge in [-0.3, -0.25) is 4.99 Å². The lowest BCUT2D eigenvalue weighted by Crippen LogP contribution is -2.24. The summed E-state index contributed by atoms with van der Waals surface area (Å²) in [6, 6.07) is 8.48. The number of aliphatic hydroxyl groups is 1. The second-order valence-electron chi connectivity index (χ2n) is 5.31. The Morgan fingerprint density at radius 2 is 2.09 bits per heavy atom.